The normalized spacial score (nSPS) is 16.2. The Morgan fingerprint density at radius 2 is 1.87 bits per heavy atom. The highest BCUT2D eigenvalue weighted by molar-refractivity contribution is 5.98. The molecule has 4 heteroatoms. The van der Waals surface area contributed by atoms with E-state index in [1.54, 1.807) is 0 Å². The van der Waals surface area contributed by atoms with Gasteiger partial charge in [0.15, 0.2) is 17.4 Å². The third-order valence-corrected chi connectivity index (χ3v) is 2.73. The molecule has 1 aliphatic carbocycles. The van der Waals surface area contributed by atoms with Gasteiger partial charge in [-0.2, -0.15) is 0 Å². The van der Waals surface area contributed by atoms with Gasteiger partial charge in [0.25, 0.3) is 0 Å². The summed E-state index contributed by atoms with van der Waals surface area (Å²) in [5, 5.41) is 0. The van der Waals surface area contributed by atoms with E-state index in [9.17, 15) is 18.0 Å². The molecule has 1 aliphatic rings. The molecule has 1 fully saturated rings. The van der Waals surface area contributed by atoms with E-state index in [4.69, 9.17) is 0 Å². The Morgan fingerprint density at radius 3 is 2.40 bits per heavy atom. The molecule has 0 aliphatic heterocycles. The van der Waals surface area contributed by atoms with E-state index in [0.717, 1.165) is 12.5 Å². The minimum absolute atomic E-state index is 0.263. The zero-order valence-electron chi connectivity index (χ0n) is 7.90. The first-order valence-electron chi connectivity index (χ1n) is 4.78. The maximum atomic E-state index is 13.2. The summed E-state index contributed by atoms with van der Waals surface area (Å²) in [6, 6.07) is 1.20. The molecule has 1 aromatic carbocycles. The number of benzene rings is 1. The number of halogens is 3. The van der Waals surface area contributed by atoms with Crippen LogP contribution in [0.4, 0.5) is 13.2 Å². The lowest BCUT2D eigenvalue weighted by Gasteiger charge is -2.23. The number of rotatable bonds is 2. The molecule has 0 amide bonds. The lowest BCUT2D eigenvalue weighted by Crippen LogP contribution is -2.23. The summed E-state index contributed by atoms with van der Waals surface area (Å²) >= 11 is 0. The molecule has 0 saturated heterocycles. The quantitative estimate of drug-likeness (QED) is 0.546. The van der Waals surface area contributed by atoms with Gasteiger partial charge in [0, 0.05) is 12.0 Å². The summed E-state index contributed by atoms with van der Waals surface area (Å²) in [6.45, 7) is 0. The van der Waals surface area contributed by atoms with Gasteiger partial charge >= 0.3 is 0 Å². The minimum atomic E-state index is -1.31. The van der Waals surface area contributed by atoms with Crippen LogP contribution in [0.25, 0.3) is 0 Å². The number of ketones is 1. The van der Waals surface area contributed by atoms with Gasteiger partial charge in [-0.1, -0.05) is 6.42 Å². The Hall–Kier alpha value is -1.32. The average Bonchev–Trinajstić information content (AvgIpc) is 2.08. The monoisotopic (exact) mass is 214 g/mol. The Morgan fingerprint density at radius 1 is 1.20 bits per heavy atom. The van der Waals surface area contributed by atoms with E-state index in [-0.39, 0.29) is 5.92 Å². The highest BCUT2D eigenvalue weighted by Gasteiger charge is 2.29. The van der Waals surface area contributed by atoms with Crippen molar-refractivity contribution in [3.05, 3.63) is 35.1 Å². The molecule has 0 N–H and O–H groups in total. The fraction of sp³-hybridized carbons (Fsp3) is 0.364. The van der Waals surface area contributed by atoms with Crippen LogP contribution in [0.15, 0.2) is 12.1 Å². The number of carbonyl (C=O) groups is 1. The van der Waals surface area contributed by atoms with Gasteiger partial charge < -0.3 is 0 Å². The third-order valence-electron chi connectivity index (χ3n) is 2.73. The van der Waals surface area contributed by atoms with E-state index in [1.807, 2.05) is 0 Å². The lowest BCUT2D eigenvalue weighted by atomic mass is 9.80. The topological polar surface area (TPSA) is 17.1 Å². The van der Waals surface area contributed by atoms with Crippen molar-refractivity contribution < 1.29 is 18.0 Å². The van der Waals surface area contributed by atoms with E-state index in [0.29, 0.717) is 18.9 Å². The van der Waals surface area contributed by atoms with Gasteiger partial charge in [0.05, 0.1) is 5.56 Å². The fourth-order valence-corrected chi connectivity index (χ4v) is 1.63. The maximum Gasteiger partial charge on any atom is 0.169 e. The molecular formula is C11H9F3O. The second kappa shape index (κ2) is 3.68. The summed E-state index contributed by atoms with van der Waals surface area (Å²) in [7, 11) is 0. The van der Waals surface area contributed by atoms with Crippen molar-refractivity contribution >= 4 is 5.78 Å². The van der Waals surface area contributed by atoms with Crippen LogP contribution in [-0.2, 0) is 0 Å². The van der Waals surface area contributed by atoms with E-state index >= 15 is 0 Å². The Balaban J connectivity index is 2.38. The first kappa shape index (κ1) is 10.2. The van der Waals surface area contributed by atoms with Crippen LogP contribution in [0, 0.1) is 23.4 Å². The third kappa shape index (κ3) is 1.76. The second-order valence-corrected chi connectivity index (χ2v) is 3.74. The summed E-state index contributed by atoms with van der Waals surface area (Å²) in [6.07, 6.45) is 2.27. The SMILES string of the molecule is O=C(c1cc(F)cc(F)c1F)C1CCC1. The molecule has 15 heavy (non-hydrogen) atoms. The molecule has 1 saturated carbocycles. The molecule has 0 atom stereocenters. The van der Waals surface area contributed by atoms with E-state index < -0.39 is 28.8 Å². The molecule has 2 rings (SSSR count). The highest BCUT2D eigenvalue weighted by Crippen LogP contribution is 2.31. The Labute approximate surface area is 84.9 Å². The van der Waals surface area contributed by atoms with Gasteiger partial charge in [-0.3, -0.25) is 4.79 Å². The van der Waals surface area contributed by atoms with Crippen molar-refractivity contribution in [1.82, 2.24) is 0 Å². The predicted molar refractivity (Wildman–Crippen MR) is 48.0 cm³/mol. The number of hydrogen-bond donors (Lipinski definition) is 0. The first-order valence-corrected chi connectivity index (χ1v) is 4.78. The van der Waals surface area contributed by atoms with Crippen LogP contribution in [-0.4, -0.2) is 5.78 Å². The maximum absolute atomic E-state index is 13.2. The summed E-state index contributed by atoms with van der Waals surface area (Å²) in [5.41, 5.74) is -0.461. The molecule has 80 valence electrons. The average molecular weight is 214 g/mol. The molecule has 0 spiro atoms. The largest absolute Gasteiger partial charge is 0.294 e. The van der Waals surface area contributed by atoms with Crippen molar-refractivity contribution in [1.29, 1.82) is 0 Å². The van der Waals surface area contributed by atoms with Crippen molar-refractivity contribution in [2.75, 3.05) is 0 Å². The van der Waals surface area contributed by atoms with E-state index in [1.165, 1.54) is 0 Å². The first-order chi connectivity index (χ1) is 7.09. The van der Waals surface area contributed by atoms with Crippen LogP contribution < -0.4 is 0 Å². The highest BCUT2D eigenvalue weighted by atomic mass is 19.2. The number of Topliss-reactive ketones (excluding diaryl/α,β-unsaturated/α-hetero) is 1. The van der Waals surface area contributed by atoms with Crippen molar-refractivity contribution in [2.24, 2.45) is 5.92 Å². The fourth-order valence-electron chi connectivity index (χ4n) is 1.63. The summed E-state index contributed by atoms with van der Waals surface area (Å²) in [5.74, 6) is -4.22. The van der Waals surface area contributed by atoms with Gasteiger partial charge in [0.2, 0.25) is 0 Å². The lowest BCUT2D eigenvalue weighted by molar-refractivity contribution is 0.0849. The second-order valence-electron chi connectivity index (χ2n) is 3.74. The molecular weight excluding hydrogens is 205 g/mol. The summed E-state index contributed by atoms with van der Waals surface area (Å²) in [4.78, 5) is 11.6. The van der Waals surface area contributed by atoms with Crippen molar-refractivity contribution in [2.45, 2.75) is 19.3 Å². The predicted octanol–water partition coefficient (Wildman–Crippen LogP) is 3.09. The van der Waals surface area contributed by atoms with Crippen LogP contribution in [0.1, 0.15) is 29.6 Å². The smallest absolute Gasteiger partial charge is 0.169 e. The Bertz CT molecular complexity index is 411. The zero-order valence-corrected chi connectivity index (χ0v) is 7.90. The van der Waals surface area contributed by atoms with Crippen LogP contribution in [0.2, 0.25) is 0 Å². The molecule has 0 radical (unpaired) electrons. The van der Waals surface area contributed by atoms with Gasteiger partial charge in [-0.25, -0.2) is 13.2 Å². The summed E-state index contributed by atoms with van der Waals surface area (Å²) < 4.78 is 38.8. The number of hydrogen-bond acceptors (Lipinski definition) is 1. The molecule has 0 aromatic heterocycles. The number of carbonyl (C=O) groups excluding carboxylic acids is 1. The van der Waals surface area contributed by atoms with Crippen LogP contribution in [0.5, 0.6) is 0 Å². The van der Waals surface area contributed by atoms with E-state index in [2.05, 4.69) is 0 Å². The van der Waals surface area contributed by atoms with Gasteiger partial charge in [-0.05, 0) is 18.9 Å². The van der Waals surface area contributed by atoms with Gasteiger partial charge in [0.1, 0.15) is 5.82 Å². The van der Waals surface area contributed by atoms with Crippen molar-refractivity contribution in [3.8, 4) is 0 Å². The molecule has 1 aromatic rings. The van der Waals surface area contributed by atoms with Crippen LogP contribution >= 0.6 is 0 Å². The van der Waals surface area contributed by atoms with Gasteiger partial charge in [-0.15, -0.1) is 0 Å². The Kier molecular flexibility index (Phi) is 2.50. The molecule has 0 unspecified atom stereocenters. The standard InChI is InChI=1S/C11H9F3O/c12-7-4-8(10(14)9(13)5-7)11(15)6-2-1-3-6/h4-6H,1-3H2. The zero-order chi connectivity index (χ0) is 11.0. The molecule has 1 nitrogen and oxygen atoms in total. The molecule has 0 heterocycles. The minimum Gasteiger partial charge on any atom is -0.294 e. The molecule has 0 bridgehead atoms. The van der Waals surface area contributed by atoms with Crippen LogP contribution in [0.3, 0.4) is 0 Å². The van der Waals surface area contributed by atoms with Crippen molar-refractivity contribution in [3.63, 3.8) is 0 Å².